The van der Waals surface area contributed by atoms with Crippen LogP contribution in [0.2, 0.25) is 5.02 Å². The highest BCUT2D eigenvalue weighted by atomic mass is 35.5. The highest BCUT2D eigenvalue weighted by Gasteiger charge is 2.53. The van der Waals surface area contributed by atoms with Crippen molar-refractivity contribution in [2.75, 3.05) is 18.5 Å². The molecular weight excluding hydrogens is 468 g/mol. The Hall–Kier alpha value is -3.21. The Morgan fingerprint density at radius 2 is 1.94 bits per heavy atom. The first-order chi connectivity index (χ1) is 15.8. The zero-order valence-corrected chi connectivity index (χ0v) is 19.9. The average Bonchev–Trinajstić information content (AvgIpc) is 2.97. The maximum atomic E-state index is 13.0. The van der Waals surface area contributed by atoms with Gasteiger partial charge in [0.1, 0.15) is 12.1 Å². The number of hydrogen-bond donors (Lipinski definition) is 2. The van der Waals surface area contributed by atoms with Crippen LogP contribution >= 0.6 is 11.6 Å². The van der Waals surface area contributed by atoms with E-state index in [9.17, 15) is 29.3 Å². The molecule has 1 aromatic carbocycles. The summed E-state index contributed by atoms with van der Waals surface area (Å²) in [5, 5.41) is 15.8. The van der Waals surface area contributed by atoms with Crippen molar-refractivity contribution in [3.63, 3.8) is 0 Å². The lowest BCUT2D eigenvalue weighted by Crippen LogP contribution is -2.50. The third-order valence-corrected chi connectivity index (χ3v) is 6.71. The molecule has 3 rings (SSSR count). The van der Waals surface area contributed by atoms with Gasteiger partial charge in [0.05, 0.1) is 15.6 Å². The predicted molar refractivity (Wildman–Crippen MR) is 122 cm³/mol. The van der Waals surface area contributed by atoms with Gasteiger partial charge in [-0.3, -0.25) is 29.4 Å². The summed E-state index contributed by atoms with van der Waals surface area (Å²) in [6.45, 7) is 5.16. The molecule has 2 aliphatic rings. The smallest absolute Gasteiger partial charge is 0.326 e. The number of esters is 1. The van der Waals surface area contributed by atoms with Gasteiger partial charge in [-0.2, -0.15) is 0 Å². The van der Waals surface area contributed by atoms with Crippen LogP contribution in [0.3, 0.4) is 0 Å². The first-order valence-corrected chi connectivity index (χ1v) is 11.2. The molecule has 1 spiro atoms. The number of amides is 4. The molecule has 12 heteroatoms. The molecule has 0 bridgehead atoms. The molecule has 1 aliphatic heterocycles. The van der Waals surface area contributed by atoms with E-state index in [2.05, 4.69) is 31.4 Å². The summed E-state index contributed by atoms with van der Waals surface area (Å²) < 4.78 is 4.90. The van der Waals surface area contributed by atoms with E-state index in [1.54, 1.807) is 0 Å². The number of nitrogens with one attached hydrogen (secondary N) is 2. The van der Waals surface area contributed by atoms with E-state index in [4.69, 9.17) is 16.3 Å². The van der Waals surface area contributed by atoms with Gasteiger partial charge in [0.2, 0.25) is 0 Å². The predicted octanol–water partition coefficient (Wildman–Crippen LogP) is 3.26. The molecule has 1 saturated heterocycles. The number of nitro groups is 1. The van der Waals surface area contributed by atoms with Gasteiger partial charge in [0.15, 0.2) is 6.61 Å². The Balaban J connectivity index is 1.51. The lowest BCUT2D eigenvalue weighted by Gasteiger charge is -2.40. The van der Waals surface area contributed by atoms with Crippen LogP contribution in [-0.4, -0.2) is 52.3 Å². The second-order valence-corrected chi connectivity index (χ2v) is 10.1. The molecule has 2 fully saturated rings. The van der Waals surface area contributed by atoms with Crippen molar-refractivity contribution < 1.29 is 28.8 Å². The fourth-order valence-corrected chi connectivity index (χ4v) is 4.58. The molecule has 0 radical (unpaired) electrons. The minimum absolute atomic E-state index is 0.0558. The number of anilines is 1. The van der Waals surface area contributed by atoms with Gasteiger partial charge in [-0.15, -0.1) is 0 Å². The number of carbonyl (C=O) groups is 4. The summed E-state index contributed by atoms with van der Waals surface area (Å²) in [5.74, 6) is -1.68. The number of hydrogen-bond acceptors (Lipinski definition) is 7. The molecule has 0 unspecified atom stereocenters. The number of ether oxygens (including phenoxy) is 1. The molecule has 1 heterocycles. The van der Waals surface area contributed by atoms with E-state index in [0.717, 1.165) is 29.9 Å². The summed E-state index contributed by atoms with van der Waals surface area (Å²) in [4.78, 5) is 60.6. The molecule has 2 N–H and O–H groups in total. The maximum absolute atomic E-state index is 13.0. The van der Waals surface area contributed by atoms with E-state index in [1.807, 2.05) is 0 Å². The monoisotopic (exact) mass is 494 g/mol. The number of benzene rings is 1. The van der Waals surface area contributed by atoms with E-state index in [1.165, 1.54) is 6.07 Å². The van der Waals surface area contributed by atoms with Crippen molar-refractivity contribution in [1.82, 2.24) is 10.2 Å². The normalized spacial score (nSPS) is 22.5. The van der Waals surface area contributed by atoms with Crippen molar-refractivity contribution in [2.24, 2.45) is 11.3 Å². The standard InChI is InChI=1S/C22H27ClN4O7/c1-21(2,3)13-6-8-22(9-7-13)19(30)26(20(31)25-22)11-18(29)34-12-17(28)24-16-5-4-14(27(32)33)10-15(16)23/h4-5,10,13H,6-9,11-12H2,1-3H3,(H,24,28)(H,25,31). The number of urea groups is 1. The fraction of sp³-hybridized carbons (Fsp3) is 0.545. The van der Waals surface area contributed by atoms with Gasteiger partial charge in [-0.05, 0) is 43.1 Å². The van der Waals surface area contributed by atoms with Gasteiger partial charge < -0.3 is 15.4 Å². The van der Waals surface area contributed by atoms with E-state index in [0.29, 0.717) is 18.8 Å². The van der Waals surface area contributed by atoms with E-state index >= 15 is 0 Å². The second kappa shape index (κ2) is 9.57. The largest absolute Gasteiger partial charge is 0.454 e. The Labute approximate surface area is 201 Å². The number of carbonyl (C=O) groups excluding carboxylic acids is 4. The Morgan fingerprint density at radius 3 is 2.50 bits per heavy atom. The lowest BCUT2D eigenvalue weighted by atomic mass is 9.67. The maximum Gasteiger partial charge on any atom is 0.326 e. The molecule has 34 heavy (non-hydrogen) atoms. The lowest BCUT2D eigenvalue weighted by molar-refractivity contribution is -0.384. The zero-order valence-electron chi connectivity index (χ0n) is 19.2. The first-order valence-electron chi connectivity index (χ1n) is 10.9. The number of halogens is 1. The quantitative estimate of drug-likeness (QED) is 0.267. The Morgan fingerprint density at radius 1 is 1.29 bits per heavy atom. The van der Waals surface area contributed by atoms with E-state index in [-0.39, 0.29) is 21.8 Å². The van der Waals surface area contributed by atoms with Crippen LogP contribution in [0.5, 0.6) is 0 Å². The SMILES string of the molecule is CC(C)(C)C1CCC2(CC1)NC(=O)N(CC(=O)OCC(=O)Nc1ccc([N+](=O)[O-])cc1Cl)C2=O. The van der Waals surface area contributed by atoms with Crippen molar-refractivity contribution in [3.8, 4) is 0 Å². The summed E-state index contributed by atoms with van der Waals surface area (Å²) >= 11 is 5.91. The molecular formula is C22H27ClN4O7. The number of imide groups is 1. The zero-order chi connectivity index (χ0) is 25.3. The third kappa shape index (κ3) is 5.46. The fourth-order valence-electron chi connectivity index (χ4n) is 4.36. The molecule has 184 valence electrons. The van der Waals surface area contributed by atoms with Gasteiger partial charge in [-0.25, -0.2) is 4.79 Å². The van der Waals surface area contributed by atoms with Gasteiger partial charge in [0, 0.05) is 12.1 Å². The summed E-state index contributed by atoms with van der Waals surface area (Å²) in [5.41, 5.74) is -1.03. The number of nitro benzene ring substituents is 1. The molecule has 1 aromatic rings. The molecule has 11 nitrogen and oxygen atoms in total. The molecule has 0 atom stereocenters. The van der Waals surface area contributed by atoms with Crippen LogP contribution in [0.15, 0.2) is 18.2 Å². The van der Waals surface area contributed by atoms with Crippen molar-refractivity contribution >= 4 is 46.8 Å². The van der Waals surface area contributed by atoms with Crippen LogP contribution in [0.1, 0.15) is 46.5 Å². The van der Waals surface area contributed by atoms with Crippen LogP contribution in [0.4, 0.5) is 16.2 Å². The van der Waals surface area contributed by atoms with Crippen molar-refractivity contribution in [3.05, 3.63) is 33.3 Å². The van der Waals surface area contributed by atoms with Crippen LogP contribution in [0, 0.1) is 21.4 Å². The Bertz CT molecular complexity index is 1030. The molecule has 1 aliphatic carbocycles. The second-order valence-electron chi connectivity index (χ2n) is 9.67. The highest BCUT2D eigenvalue weighted by Crippen LogP contribution is 2.43. The summed E-state index contributed by atoms with van der Waals surface area (Å²) in [7, 11) is 0. The van der Waals surface area contributed by atoms with Crippen molar-refractivity contribution in [2.45, 2.75) is 52.0 Å². The van der Waals surface area contributed by atoms with Crippen LogP contribution in [0.25, 0.3) is 0 Å². The minimum atomic E-state index is -0.997. The van der Waals surface area contributed by atoms with Gasteiger partial charge >= 0.3 is 12.0 Å². The minimum Gasteiger partial charge on any atom is -0.454 e. The van der Waals surface area contributed by atoms with Crippen LogP contribution in [-0.2, 0) is 19.1 Å². The van der Waals surface area contributed by atoms with Gasteiger partial charge in [-0.1, -0.05) is 32.4 Å². The van der Waals surface area contributed by atoms with Crippen molar-refractivity contribution in [1.29, 1.82) is 0 Å². The highest BCUT2D eigenvalue weighted by molar-refractivity contribution is 6.34. The number of rotatable bonds is 6. The van der Waals surface area contributed by atoms with Crippen LogP contribution < -0.4 is 10.6 Å². The Kier molecular flexibility index (Phi) is 7.15. The van der Waals surface area contributed by atoms with E-state index < -0.39 is 47.4 Å². The summed E-state index contributed by atoms with van der Waals surface area (Å²) in [6, 6.07) is 2.83. The summed E-state index contributed by atoms with van der Waals surface area (Å²) in [6.07, 6.45) is 2.59. The average molecular weight is 495 g/mol. The number of non-ortho nitro benzene ring substituents is 1. The molecule has 1 saturated carbocycles. The first kappa shape index (κ1) is 25.4. The molecule has 4 amide bonds. The topological polar surface area (TPSA) is 148 Å². The third-order valence-electron chi connectivity index (χ3n) is 6.40. The van der Waals surface area contributed by atoms with Gasteiger partial charge in [0.25, 0.3) is 17.5 Å². The molecule has 0 aromatic heterocycles. The number of nitrogens with zero attached hydrogens (tertiary/aromatic N) is 2.